The predicted molar refractivity (Wildman–Crippen MR) is 85.2 cm³/mol. The molecular weight excluding hydrogens is 252 g/mol. The van der Waals surface area contributed by atoms with Gasteiger partial charge in [-0.1, -0.05) is 55.7 Å². The van der Waals surface area contributed by atoms with Gasteiger partial charge in [-0.2, -0.15) is 0 Å². The molecule has 0 amide bonds. The third-order valence-electron chi connectivity index (χ3n) is 4.02. The highest BCUT2D eigenvalue weighted by molar-refractivity contribution is 7.80. The van der Waals surface area contributed by atoms with Crippen LogP contribution in [0.5, 0.6) is 0 Å². The van der Waals surface area contributed by atoms with Crippen molar-refractivity contribution < 1.29 is 0 Å². The van der Waals surface area contributed by atoms with Crippen molar-refractivity contribution in [2.45, 2.75) is 38.6 Å². The van der Waals surface area contributed by atoms with E-state index in [1.165, 1.54) is 44.2 Å². The van der Waals surface area contributed by atoms with Crippen LogP contribution >= 0.6 is 12.2 Å². The zero-order chi connectivity index (χ0) is 13.7. The second kappa shape index (κ2) is 7.01. The van der Waals surface area contributed by atoms with Crippen molar-refractivity contribution in [2.75, 3.05) is 13.6 Å². The van der Waals surface area contributed by atoms with Gasteiger partial charge >= 0.3 is 0 Å². The fourth-order valence-electron chi connectivity index (χ4n) is 3.06. The topological polar surface area (TPSA) is 29.3 Å². The summed E-state index contributed by atoms with van der Waals surface area (Å²) in [6, 6.07) is 8.21. The Morgan fingerprint density at radius 3 is 2.63 bits per heavy atom. The first-order chi connectivity index (χ1) is 9.16. The van der Waals surface area contributed by atoms with Gasteiger partial charge in [0.2, 0.25) is 0 Å². The van der Waals surface area contributed by atoms with Gasteiger partial charge in [-0.3, -0.25) is 0 Å². The maximum atomic E-state index is 5.79. The van der Waals surface area contributed by atoms with E-state index < -0.39 is 0 Å². The number of nitrogens with two attached hydrogens (primary N) is 1. The summed E-state index contributed by atoms with van der Waals surface area (Å²) < 4.78 is 0. The molecule has 0 heterocycles. The molecule has 2 rings (SSSR count). The second-order valence-electron chi connectivity index (χ2n) is 5.72. The average molecular weight is 276 g/mol. The van der Waals surface area contributed by atoms with Crippen LogP contribution in [0.1, 0.15) is 43.2 Å². The molecule has 1 aliphatic rings. The maximum absolute atomic E-state index is 5.79. The highest BCUT2D eigenvalue weighted by Crippen LogP contribution is 2.24. The largest absolute Gasteiger partial charge is 0.389 e. The quantitative estimate of drug-likeness (QED) is 0.836. The third-order valence-corrected chi connectivity index (χ3v) is 4.24. The van der Waals surface area contributed by atoms with Gasteiger partial charge in [0.25, 0.3) is 0 Å². The molecule has 0 aliphatic heterocycles. The Kier molecular flexibility index (Phi) is 5.34. The fraction of sp³-hybridized carbons (Fsp3) is 0.562. The molecule has 104 valence electrons. The first-order valence-corrected chi connectivity index (χ1v) is 7.64. The van der Waals surface area contributed by atoms with Crippen LogP contribution in [0.4, 0.5) is 0 Å². The molecule has 2 nitrogen and oxygen atoms in total. The van der Waals surface area contributed by atoms with Crippen molar-refractivity contribution in [3.8, 4) is 0 Å². The molecule has 0 spiro atoms. The lowest BCUT2D eigenvalue weighted by atomic mass is 9.89. The Labute approximate surface area is 122 Å². The molecule has 3 heteroatoms. The molecule has 2 N–H and O–H groups in total. The molecule has 19 heavy (non-hydrogen) atoms. The lowest BCUT2D eigenvalue weighted by Gasteiger charge is -2.27. The van der Waals surface area contributed by atoms with Gasteiger partial charge in [-0.25, -0.2) is 0 Å². The Morgan fingerprint density at radius 1 is 1.26 bits per heavy atom. The molecule has 0 aromatic heterocycles. The van der Waals surface area contributed by atoms with Crippen molar-refractivity contribution in [3.63, 3.8) is 0 Å². The van der Waals surface area contributed by atoms with Crippen LogP contribution in [0.2, 0.25) is 0 Å². The molecule has 1 fully saturated rings. The van der Waals surface area contributed by atoms with Gasteiger partial charge in [-0.05, 0) is 31.4 Å². The Bertz CT molecular complexity index is 425. The zero-order valence-electron chi connectivity index (χ0n) is 11.8. The van der Waals surface area contributed by atoms with Crippen molar-refractivity contribution in [1.29, 1.82) is 0 Å². The summed E-state index contributed by atoms with van der Waals surface area (Å²) in [6.07, 6.45) is 7.01. The van der Waals surface area contributed by atoms with E-state index in [4.69, 9.17) is 18.0 Å². The van der Waals surface area contributed by atoms with Crippen LogP contribution in [0.3, 0.4) is 0 Å². The minimum atomic E-state index is 0.502. The zero-order valence-corrected chi connectivity index (χ0v) is 12.6. The number of hydrogen-bond donors (Lipinski definition) is 1. The number of hydrogen-bond acceptors (Lipinski definition) is 2. The Hall–Kier alpha value is -0.930. The summed E-state index contributed by atoms with van der Waals surface area (Å²) in [5, 5.41) is 0. The van der Waals surface area contributed by atoms with Crippen molar-refractivity contribution >= 4 is 17.2 Å². The van der Waals surface area contributed by atoms with Gasteiger partial charge in [0.1, 0.15) is 4.99 Å². The van der Waals surface area contributed by atoms with E-state index in [1.54, 1.807) is 0 Å². The molecular formula is C16H24N2S. The lowest BCUT2D eigenvalue weighted by Crippen LogP contribution is -2.27. The highest BCUT2D eigenvalue weighted by Gasteiger charge is 2.16. The van der Waals surface area contributed by atoms with Crippen molar-refractivity contribution in [1.82, 2.24) is 4.90 Å². The monoisotopic (exact) mass is 276 g/mol. The van der Waals surface area contributed by atoms with Crippen LogP contribution in [-0.4, -0.2) is 23.5 Å². The van der Waals surface area contributed by atoms with E-state index in [1.807, 2.05) is 12.1 Å². The van der Waals surface area contributed by atoms with E-state index in [9.17, 15) is 0 Å². The fourth-order valence-corrected chi connectivity index (χ4v) is 3.26. The number of nitrogens with zero attached hydrogens (tertiary/aromatic N) is 1. The standard InChI is InChI=1S/C16H24N2S/c1-18(11-13-7-3-2-4-8-13)12-14-9-5-6-10-15(14)16(17)19/h5-6,9-10,13H,2-4,7-8,11-12H2,1H3,(H2,17,19). The highest BCUT2D eigenvalue weighted by atomic mass is 32.1. The molecule has 0 radical (unpaired) electrons. The SMILES string of the molecule is CN(Cc1ccccc1C(N)=S)CC1CCCCC1. The molecule has 1 aliphatic carbocycles. The van der Waals surface area contributed by atoms with Gasteiger partial charge in [0.15, 0.2) is 0 Å². The molecule has 0 atom stereocenters. The molecule has 1 saturated carbocycles. The first kappa shape index (κ1) is 14.5. The van der Waals surface area contributed by atoms with Crippen LogP contribution < -0.4 is 5.73 Å². The van der Waals surface area contributed by atoms with Gasteiger partial charge in [0, 0.05) is 18.7 Å². The summed E-state index contributed by atoms with van der Waals surface area (Å²) in [4.78, 5) is 2.91. The normalized spacial score (nSPS) is 16.7. The average Bonchev–Trinajstić information content (AvgIpc) is 2.40. The number of rotatable bonds is 5. The molecule has 1 aromatic rings. The summed E-state index contributed by atoms with van der Waals surface area (Å²) >= 11 is 5.12. The summed E-state index contributed by atoms with van der Waals surface area (Å²) in [5.74, 6) is 0.871. The van der Waals surface area contributed by atoms with Crippen molar-refractivity contribution in [3.05, 3.63) is 35.4 Å². The van der Waals surface area contributed by atoms with Crippen molar-refractivity contribution in [2.24, 2.45) is 11.7 Å². The minimum Gasteiger partial charge on any atom is -0.389 e. The maximum Gasteiger partial charge on any atom is 0.104 e. The van der Waals surface area contributed by atoms with Gasteiger partial charge < -0.3 is 10.6 Å². The van der Waals surface area contributed by atoms with Gasteiger partial charge in [0.05, 0.1) is 0 Å². The van der Waals surface area contributed by atoms with Crippen LogP contribution in [-0.2, 0) is 6.54 Å². The first-order valence-electron chi connectivity index (χ1n) is 7.23. The number of thiocarbonyl (C=S) groups is 1. The minimum absolute atomic E-state index is 0.502. The Morgan fingerprint density at radius 2 is 1.95 bits per heavy atom. The summed E-state index contributed by atoms with van der Waals surface area (Å²) in [6.45, 7) is 2.12. The lowest BCUT2D eigenvalue weighted by molar-refractivity contribution is 0.228. The molecule has 1 aromatic carbocycles. The second-order valence-corrected chi connectivity index (χ2v) is 6.16. The number of benzene rings is 1. The van der Waals surface area contributed by atoms with E-state index in [0.29, 0.717) is 4.99 Å². The smallest absolute Gasteiger partial charge is 0.104 e. The van der Waals surface area contributed by atoms with Crippen LogP contribution in [0.15, 0.2) is 24.3 Å². The van der Waals surface area contributed by atoms with E-state index in [0.717, 1.165) is 18.0 Å². The van der Waals surface area contributed by atoms with E-state index >= 15 is 0 Å². The van der Waals surface area contributed by atoms with E-state index in [2.05, 4.69) is 24.1 Å². The summed E-state index contributed by atoms with van der Waals surface area (Å²) in [7, 11) is 2.20. The molecule has 0 bridgehead atoms. The molecule has 0 saturated heterocycles. The van der Waals surface area contributed by atoms with Gasteiger partial charge in [-0.15, -0.1) is 0 Å². The Balaban J connectivity index is 1.94. The third kappa shape index (κ3) is 4.29. The molecule has 0 unspecified atom stereocenters. The van der Waals surface area contributed by atoms with E-state index in [-0.39, 0.29) is 0 Å². The predicted octanol–water partition coefficient (Wildman–Crippen LogP) is 3.33. The summed E-state index contributed by atoms with van der Waals surface area (Å²) in [5.41, 5.74) is 8.05. The van der Waals surface area contributed by atoms with Crippen LogP contribution in [0, 0.1) is 5.92 Å². The van der Waals surface area contributed by atoms with Crippen LogP contribution in [0.25, 0.3) is 0 Å².